The Labute approximate surface area is 57.8 Å². The molecule has 0 fully saturated rings. The Morgan fingerprint density at radius 2 is 1.89 bits per heavy atom. The smallest absolute Gasteiger partial charge is 0.0462 e. The molecular weight excluding hydrogens is 114 g/mol. The van der Waals surface area contributed by atoms with E-state index in [2.05, 4.69) is 19.0 Å². The summed E-state index contributed by atoms with van der Waals surface area (Å²) < 4.78 is 4.91. The van der Waals surface area contributed by atoms with Crippen LogP contribution < -0.4 is 0 Å². The predicted molar refractivity (Wildman–Crippen MR) is 39.7 cm³/mol. The summed E-state index contributed by atoms with van der Waals surface area (Å²) in [6, 6.07) is 0. The first-order chi connectivity index (χ1) is 4.27. The normalized spacial score (nSPS) is 10.7. The summed E-state index contributed by atoms with van der Waals surface area (Å²) in [5.41, 5.74) is 0. The van der Waals surface area contributed by atoms with Crippen molar-refractivity contribution < 1.29 is 4.74 Å². The molecule has 0 aromatic rings. The van der Waals surface area contributed by atoms with Crippen molar-refractivity contribution in [3.63, 3.8) is 0 Å². The third-order valence-electron chi connectivity index (χ3n) is 1.20. The van der Waals surface area contributed by atoms with Crippen molar-refractivity contribution in [2.24, 2.45) is 0 Å². The number of methoxy groups -OCH3 is 1. The minimum atomic E-state index is 0.897. The molecule has 0 aliphatic rings. The van der Waals surface area contributed by atoms with Crippen molar-refractivity contribution in [1.82, 2.24) is 4.90 Å². The molecule has 0 heterocycles. The molecule has 0 spiro atoms. The summed E-state index contributed by atoms with van der Waals surface area (Å²) in [6.45, 7) is 2.07. The third-order valence-corrected chi connectivity index (χ3v) is 1.20. The molecule has 0 saturated carbocycles. The predicted octanol–water partition coefficient (Wildman–Crippen LogP) is 0.975. The van der Waals surface area contributed by atoms with Crippen LogP contribution in [0.2, 0.25) is 0 Å². The van der Waals surface area contributed by atoms with E-state index < -0.39 is 0 Å². The molecule has 0 N–H and O–H groups in total. The minimum Gasteiger partial charge on any atom is -0.385 e. The fourth-order valence-electron chi connectivity index (χ4n) is 0.674. The number of ether oxygens (including phenoxy) is 1. The molecule has 0 aromatic carbocycles. The molecular formula is C7H17NO. The average molecular weight is 131 g/mol. The number of unbranched alkanes of at least 4 members (excludes halogenated alkanes) is 1. The van der Waals surface area contributed by atoms with Gasteiger partial charge >= 0.3 is 0 Å². The lowest BCUT2D eigenvalue weighted by molar-refractivity contribution is 0.189. The highest BCUT2D eigenvalue weighted by Crippen LogP contribution is 1.89. The molecule has 0 aliphatic carbocycles. The zero-order valence-corrected chi connectivity index (χ0v) is 6.68. The van der Waals surface area contributed by atoms with Gasteiger partial charge in [-0.1, -0.05) is 0 Å². The van der Waals surface area contributed by atoms with Crippen molar-refractivity contribution in [2.45, 2.75) is 12.8 Å². The number of nitrogens with zero attached hydrogens (tertiary/aromatic N) is 1. The summed E-state index contributed by atoms with van der Waals surface area (Å²) in [5.74, 6) is 0. The lowest BCUT2D eigenvalue weighted by Gasteiger charge is -2.07. The molecule has 0 radical (unpaired) electrons. The van der Waals surface area contributed by atoms with E-state index in [-0.39, 0.29) is 0 Å². The summed E-state index contributed by atoms with van der Waals surface area (Å²) in [6.07, 6.45) is 2.41. The zero-order valence-electron chi connectivity index (χ0n) is 6.68. The van der Waals surface area contributed by atoms with Crippen LogP contribution in [0, 0.1) is 0 Å². The van der Waals surface area contributed by atoms with Gasteiger partial charge in [-0.3, -0.25) is 0 Å². The first-order valence-corrected chi connectivity index (χ1v) is 3.41. The minimum absolute atomic E-state index is 0.897. The Morgan fingerprint density at radius 3 is 2.33 bits per heavy atom. The number of hydrogen-bond acceptors (Lipinski definition) is 2. The van der Waals surface area contributed by atoms with Gasteiger partial charge in [0.15, 0.2) is 0 Å². The van der Waals surface area contributed by atoms with Crippen LogP contribution >= 0.6 is 0 Å². The van der Waals surface area contributed by atoms with E-state index in [1.807, 2.05) is 0 Å². The highest BCUT2D eigenvalue weighted by atomic mass is 16.5. The van der Waals surface area contributed by atoms with Crippen LogP contribution in [-0.2, 0) is 4.74 Å². The molecule has 0 saturated heterocycles. The topological polar surface area (TPSA) is 12.5 Å². The van der Waals surface area contributed by atoms with Gasteiger partial charge in [-0.25, -0.2) is 0 Å². The highest BCUT2D eigenvalue weighted by Gasteiger charge is 1.88. The van der Waals surface area contributed by atoms with Crippen LogP contribution in [0.5, 0.6) is 0 Å². The van der Waals surface area contributed by atoms with Gasteiger partial charge in [0, 0.05) is 13.7 Å². The second-order valence-electron chi connectivity index (χ2n) is 2.50. The summed E-state index contributed by atoms with van der Waals surface area (Å²) in [5, 5.41) is 0. The molecule has 2 nitrogen and oxygen atoms in total. The molecule has 0 amide bonds. The van der Waals surface area contributed by atoms with Crippen molar-refractivity contribution in [3.8, 4) is 0 Å². The first-order valence-electron chi connectivity index (χ1n) is 3.41. The van der Waals surface area contributed by atoms with E-state index in [1.54, 1.807) is 7.11 Å². The summed E-state index contributed by atoms with van der Waals surface area (Å²) in [4.78, 5) is 2.19. The fraction of sp³-hybridized carbons (Fsp3) is 1.00. The second kappa shape index (κ2) is 6.05. The monoisotopic (exact) mass is 131 g/mol. The summed E-state index contributed by atoms with van der Waals surface area (Å²) in [7, 11) is 5.93. The van der Waals surface area contributed by atoms with Crippen molar-refractivity contribution in [1.29, 1.82) is 0 Å². The van der Waals surface area contributed by atoms with Crippen molar-refractivity contribution in [3.05, 3.63) is 0 Å². The molecule has 0 bridgehead atoms. The first kappa shape index (κ1) is 8.92. The largest absolute Gasteiger partial charge is 0.385 e. The van der Waals surface area contributed by atoms with Gasteiger partial charge in [0.05, 0.1) is 0 Å². The van der Waals surface area contributed by atoms with Gasteiger partial charge in [-0.2, -0.15) is 0 Å². The third kappa shape index (κ3) is 7.92. The van der Waals surface area contributed by atoms with Crippen LogP contribution in [0.3, 0.4) is 0 Å². The van der Waals surface area contributed by atoms with Crippen LogP contribution in [-0.4, -0.2) is 39.3 Å². The van der Waals surface area contributed by atoms with E-state index >= 15 is 0 Å². The van der Waals surface area contributed by atoms with E-state index in [0.717, 1.165) is 6.61 Å². The molecule has 0 aliphatic heterocycles. The highest BCUT2D eigenvalue weighted by molar-refractivity contribution is 4.43. The maximum absolute atomic E-state index is 4.91. The molecule has 0 rings (SSSR count). The second-order valence-corrected chi connectivity index (χ2v) is 2.50. The van der Waals surface area contributed by atoms with Crippen LogP contribution in [0.15, 0.2) is 0 Å². The van der Waals surface area contributed by atoms with E-state index in [1.165, 1.54) is 19.4 Å². The molecule has 0 atom stereocenters. The lowest BCUT2D eigenvalue weighted by Crippen LogP contribution is -2.13. The van der Waals surface area contributed by atoms with Crippen LogP contribution in [0.25, 0.3) is 0 Å². The van der Waals surface area contributed by atoms with Gasteiger partial charge in [0.25, 0.3) is 0 Å². The molecule has 2 heteroatoms. The van der Waals surface area contributed by atoms with Crippen LogP contribution in [0.1, 0.15) is 12.8 Å². The maximum Gasteiger partial charge on any atom is 0.0462 e. The van der Waals surface area contributed by atoms with Gasteiger partial charge < -0.3 is 9.64 Å². The quantitative estimate of drug-likeness (QED) is 0.516. The number of rotatable bonds is 5. The Kier molecular flexibility index (Phi) is 5.99. The van der Waals surface area contributed by atoms with Gasteiger partial charge in [-0.15, -0.1) is 0 Å². The maximum atomic E-state index is 4.91. The van der Waals surface area contributed by atoms with E-state index in [4.69, 9.17) is 4.74 Å². The van der Waals surface area contributed by atoms with Crippen LogP contribution in [0.4, 0.5) is 0 Å². The van der Waals surface area contributed by atoms with Gasteiger partial charge in [-0.05, 0) is 33.5 Å². The van der Waals surface area contributed by atoms with Gasteiger partial charge in [0.2, 0.25) is 0 Å². The Hall–Kier alpha value is -0.0800. The van der Waals surface area contributed by atoms with E-state index in [0.29, 0.717) is 0 Å². The average Bonchev–Trinajstić information content (AvgIpc) is 1.80. The molecule has 0 aromatic heterocycles. The summed E-state index contributed by atoms with van der Waals surface area (Å²) >= 11 is 0. The fourth-order valence-corrected chi connectivity index (χ4v) is 0.674. The standard InChI is InChI=1S/C7H17NO/c1-8(2)6-4-5-7-9-3/h4-7H2,1-3H3. The Balaban J connectivity index is 2.75. The van der Waals surface area contributed by atoms with Crippen molar-refractivity contribution in [2.75, 3.05) is 34.4 Å². The number of hydrogen-bond donors (Lipinski definition) is 0. The Bertz CT molecular complexity index is 54.9. The lowest BCUT2D eigenvalue weighted by atomic mass is 10.3. The zero-order chi connectivity index (χ0) is 7.11. The van der Waals surface area contributed by atoms with E-state index in [9.17, 15) is 0 Å². The van der Waals surface area contributed by atoms with Gasteiger partial charge in [0.1, 0.15) is 0 Å². The molecule has 0 unspecified atom stereocenters. The van der Waals surface area contributed by atoms with Crippen molar-refractivity contribution >= 4 is 0 Å². The SMILES string of the molecule is COCCCCN(C)C. The molecule has 56 valence electrons. The molecule has 9 heavy (non-hydrogen) atoms. The Morgan fingerprint density at radius 1 is 1.22 bits per heavy atom.